The van der Waals surface area contributed by atoms with Gasteiger partial charge in [0, 0.05) is 17.7 Å². The summed E-state index contributed by atoms with van der Waals surface area (Å²) in [6.07, 6.45) is -4.30. The molecule has 2 aromatic carbocycles. The number of rotatable bonds is 6. The van der Waals surface area contributed by atoms with E-state index >= 15 is 0 Å². The molecule has 0 saturated heterocycles. The molecule has 0 saturated carbocycles. The number of alkyl halides is 3. The van der Waals surface area contributed by atoms with Crippen molar-refractivity contribution in [3.05, 3.63) is 52.5 Å². The summed E-state index contributed by atoms with van der Waals surface area (Å²) in [6, 6.07) is 6.58. The van der Waals surface area contributed by atoms with Gasteiger partial charge in [0.25, 0.3) is 0 Å². The number of ether oxygens (including phenoxy) is 1. The Morgan fingerprint density at radius 1 is 1.15 bits per heavy atom. The second-order valence-electron chi connectivity index (χ2n) is 5.68. The fraction of sp³-hybridized carbons (Fsp3) is 0.235. The van der Waals surface area contributed by atoms with Gasteiger partial charge in [-0.05, 0) is 42.3 Å². The van der Waals surface area contributed by atoms with Crippen LogP contribution in [0.1, 0.15) is 17.5 Å². The summed E-state index contributed by atoms with van der Waals surface area (Å²) in [7, 11) is -3.85. The van der Waals surface area contributed by atoms with Crippen LogP contribution in [-0.4, -0.2) is 25.7 Å². The van der Waals surface area contributed by atoms with Crippen LogP contribution in [0, 0.1) is 0 Å². The predicted molar refractivity (Wildman–Crippen MR) is 92.0 cm³/mol. The molecule has 0 aliphatic carbocycles. The van der Waals surface area contributed by atoms with Crippen LogP contribution in [0.25, 0.3) is 0 Å². The summed E-state index contributed by atoms with van der Waals surface area (Å²) in [5, 5.41) is 8.98. The SMILES string of the molecule is CS(=O)(=O)c1ccc(Oc2cc(Cl)ccc2CCC(=O)O)c(C(F)(F)F)c1. The molecule has 5 nitrogen and oxygen atoms in total. The van der Waals surface area contributed by atoms with E-state index < -0.39 is 38.2 Å². The summed E-state index contributed by atoms with van der Waals surface area (Å²) in [5.74, 6) is -1.74. The number of aryl methyl sites for hydroxylation is 1. The minimum atomic E-state index is -4.87. The fourth-order valence-corrected chi connectivity index (χ4v) is 3.05. The Balaban J connectivity index is 2.51. The second kappa shape index (κ2) is 7.77. The van der Waals surface area contributed by atoms with Gasteiger partial charge in [-0.1, -0.05) is 17.7 Å². The van der Waals surface area contributed by atoms with E-state index in [0.29, 0.717) is 11.6 Å². The molecule has 2 aromatic rings. The maximum Gasteiger partial charge on any atom is 0.420 e. The van der Waals surface area contributed by atoms with Crippen molar-refractivity contribution < 1.29 is 36.2 Å². The third-order valence-corrected chi connectivity index (χ3v) is 4.89. The first-order chi connectivity index (χ1) is 12.4. The Kier molecular flexibility index (Phi) is 6.06. The van der Waals surface area contributed by atoms with Crippen LogP contribution in [0.15, 0.2) is 41.3 Å². The van der Waals surface area contributed by atoms with E-state index in [-0.39, 0.29) is 23.6 Å². The summed E-state index contributed by atoms with van der Waals surface area (Å²) in [4.78, 5) is 10.3. The van der Waals surface area contributed by atoms with Gasteiger partial charge in [0.1, 0.15) is 11.5 Å². The van der Waals surface area contributed by atoms with Crippen molar-refractivity contribution in [1.82, 2.24) is 0 Å². The van der Waals surface area contributed by atoms with Gasteiger partial charge in [-0.15, -0.1) is 0 Å². The lowest BCUT2D eigenvalue weighted by Gasteiger charge is -2.17. The molecule has 2 rings (SSSR count). The largest absolute Gasteiger partial charge is 0.481 e. The number of benzene rings is 2. The Hall–Kier alpha value is -2.26. The third-order valence-electron chi connectivity index (χ3n) is 3.54. The minimum Gasteiger partial charge on any atom is -0.481 e. The maximum atomic E-state index is 13.4. The first-order valence-corrected chi connectivity index (χ1v) is 9.74. The number of carboxylic acids is 1. The summed E-state index contributed by atoms with van der Waals surface area (Å²) < 4.78 is 68.6. The van der Waals surface area contributed by atoms with Gasteiger partial charge < -0.3 is 9.84 Å². The maximum absolute atomic E-state index is 13.4. The van der Waals surface area contributed by atoms with Gasteiger partial charge in [-0.2, -0.15) is 13.2 Å². The van der Waals surface area contributed by atoms with Gasteiger partial charge in [0.15, 0.2) is 9.84 Å². The highest BCUT2D eigenvalue weighted by molar-refractivity contribution is 7.90. The van der Waals surface area contributed by atoms with Crippen molar-refractivity contribution in [2.75, 3.05) is 6.26 Å². The number of carboxylic acid groups (broad SMARTS) is 1. The van der Waals surface area contributed by atoms with Crippen LogP contribution >= 0.6 is 11.6 Å². The highest BCUT2D eigenvalue weighted by Crippen LogP contribution is 2.40. The summed E-state index contributed by atoms with van der Waals surface area (Å²) in [6.45, 7) is 0. The Morgan fingerprint density at radius 3 is 2.37 bits per heavy atom. The van der Waals surface area contributed by atoms with Crippen molar-refractivity contribution in [3.8, 4) is 11.5 Å². The summed E-state index contributed by atoms with van der Waals surface area (Å²) >= 11 is 5.86. The molecule has 0 aromatic heterocycles. The fourth-order valence-electron chi connectivity index (χ4n) is 2.24. The molecule has 0 heterocycles. The zero-order valence-corrected chi connectivity index (χ0v) is 15.5. The van der Waals surface area contributed by atoms with Crippen LogP contribution in [0.4, 0.5) is 13.2 Å². The molecule has 0 unspecified atom stereocenters. The average Bonchev–Trinajstić information content (AvgIpc) is 2.52. The molecule has 1 N–H and O–H groups in total. The van der Waals surface area contributed by atoms with E-state index in [9.17, 15) is 26.4 Å². The quantitative estimate of drug-likeness (QED) is 0.737. The molecular weight excluding hydrogens is 409 g/mol. The number of sulfone groups is 1. The lowest BCUT2D eigenvalue weighted by atomic mass is 10.1. The standard InChI is InChI=1S/C17H14ClF3O5S/c1-27(24,25)12-5-6-14(13(9-12)17(19,20)21)26-15-8-11(18)4-2-10(15)3-7-16(22)23/h2,4-6,8-9H,3,7H2,1H3,(H,22,23). The van der Waals surface area contributed by atoms with Crippen molar-refractivity contribution in [1.29, 1.82) is 0 Å². The van der Waals surface area contributed by atoms with Crippen LogP contribution in [0.2, 0.25) is 5.02 Å². The lowest BCUT2D eigenvalue weighted by Crippen LogP contribution is -2.10. The van der Waals surface area contributed by atoms with Gasteiger partial charge in [-0.25, -0.2) is 8.42 Å². The first kappa shape index (κ1) is 21.0. The molecule has 0 aliphatic rings. The van der Waals surface area contributed by atoms with Crippen LogP contribution < -0.4 is 4.74 Å². The molecule has 0 spiro atoms. The second-order valence-corrected chi connectivity index (χ2v) is 8.13. The van der Waals surface area contributed by atoms with Crippen LogP contribution in [0.3, 0.4) is 0 Å². The molecule has 27 heavy (non-hydrogen) atoms. The van der Waals surface area contributed by atoms with Gasteiger partial charge in [0.2, 0.25) is 0 Å². The van der Waals surface area contributed by atoms with Gasteiger partial charge in [-0.3, -0.25) is 4.79 Å². The zero-order chi connectivity index (χ0) is 20.4. The molecular formula is C17H14ClF3O5S. The Bertz CT molecular complexity index is 971. The zero-order valence-electron chi connectivity index (χ0n) is 13.9. The predicted octanol–water partition coefficient (Wildman–Crippen LogP) is 4.57. The molecule has 0 bridgehead atoms. The van der Waals surface area contributed by atoms with E-state index in [1.807, 2.05) is 0 Å². The average molecular weight is 423 g/mol. The van der Waals surface area contributed by atoms with E-state index in [4.69, 9.17) is 21.4 Å². The Morgan fingerprint density at radius 2 is 1.81 bits per heavy atom. The molecule has 0 fully saturated rings. The van der Waals surface area contributed by atoms with E-state index in [2.05, 4.69) is 0 Å². The van der Waals surface area contributed by atoms with Crippen molar-refractivity contribution in [2.45, 2.75) is 23.9 Å². The minimum absolute atomic E-state index is 0.0185. The number of hydrogen-bond acceptors (Lipinski definition) is 4. The molecule has 0 aliphatic heterocycles. The number of halogens is 4. The normalized spacial score (nSPS) is 12.0. The topological polar surface area (TPSA) is 80.7 Å². The number of aliphatic carboxylic acids is 1. The Labute approximate surface area is 158 Å². The highest BCUT2D eigenvalue weighted by atomic mass is 35.5. The first-order valence-electron chi connectivity index (χ1n) is 7.47. The van der Waals surface area contributed by atoms with E-state index in [0.717, 1.165) is 18.4 Å². The molecule has 146 valence electrons. The highest BCUT2D eigenvalue weighted by Gasteiger charge is 2.36. The van der Waals surface area contributed by atoms with Crippen LogP contribution in [0.5, 0.6) is 11.5 Å². The molecule has 10 heteroatoms. The lowest BCUT2D eigenvalue weighted by molar-refractivity contribution is -0.139. The van der Waals surface area contributed by atoms with Crippen molar-refractivity contribution in [3.63, 3.8) is 0 Å². The molecule has 0 atom stereocenters. The monoisotopic (exact) mass is 422 g/mol. The molecule has 0 radical (unpaired) electrons. The smallest absolute Gasteiger partial charge is 0.420 e. The van der Waals surface area contributed by atoms with E-state index in [1.54, 1.807) is 0 Å². The van der Waals surface area contributed by atoms with E-state index in [1.165, 1.54) is 18.2 Å². The molecule has 0 amide bonds. The number of carbonyl (C=O) groups is 1. The number of hydrogen-bond donors (Lipinski definition) is 1. The summed E-state index contributed by atoms with van der Waals surface area (Å²) in [5.41, 5.74) is -0.920. The third kappa shape index (κ3) is 5.61. The van der Waals surface area contributed by atoms with Gasteiger partial charge >= 0.3 is 12.1 Å². The van der Waals surface area contributed by atoms with Crippen LogP contribution in [-0.2, 0) is 27.2 Å². The van der Waals surface area contributed by atoms with Crippen molar-refractivity contribution >= 4 is 27.4 Å². The van der Waals surface area contributed by atoms with Gasteiger partial charge in [0.05, 0.1) is 10.5 Å². The van der Waals surface area contributed by atoms with Crippen molar-refractivity contribution in [2.24, 2.45) is 0 Å².